The van der Waals surface area contributed by atoms with Gasteiger partial charge in [0, 0.05) is 18.7 Å². The van der Waals surface area contributed by atoms with Crippen molar-refractivity contribution in [2.45, 2.75) is 32.8 Å². The third kappa shape index (κ3) is 3.80. The summed E-state index contributed by atoms with van der Waals surface area (Å²) in [5, 5.41) is 2.78. The van der Waals surface area contributed by atoms with E-state index in [9.17, 15) is 9.59 Å². The number of nitrogens with one attached hydrogen (secondary N) is 1. The van der Waals surface area contributed by atoms with E-state index in [0.717, 1.165) is 12.0 Å². The molecular weight excluding hydrogens is 274 g/mol. The molecule has 1 aliphatic heterocycles. The van der Waals surface area contributed by atoms with Gasteiger partial charge in [0.2, 0.25) is 0 Å². The van der Waals surface area contributed by atoms with Gasteiger partial charge in [0.15, 0.2) is 0 Å². The number of anilines is 1. The molecule has 0 spiro atoms. The summed E-state index contributed by atoms with van der Waals surface area (Å²) in [5.41, 5.74) is 1.93. The van der Waals surface area contributed by atoms with Crippen LogP contribution in [0.25, 0.3) is 0 Å². The van der Waals surface area contributed by atoms with Gasteiger partial charge < -0.3 is 10.1 Å². The lowest BCUT2D eigenvalue weighted by atomic mass is 9.98. The van der Waals surface area contributed by atoms with Gasteiger partial charge in [-0.25, -0.2) is 4.79 Å². The molecule has 1 heterocycles. The summed E-state index contributed by atoms with van der Waals surface area (Å²) in [7, 11) is 0. The topological polar surface area (TPSA) is 73.9 Å². The van der Waals surface area contributed by atoms with Gasteiger partial charge in [0.1, 0.15) is 6.10 Å². The number of amides is 1. The van der Waals surface area contributed by atoms with E-state index in [1.165, 1.54) is 0 Å². The molecule has 21 heavy (non-hydrogen) atoms. The lowest BCUT2D eigenvalue weighted by molar-refractivity contribution is -0.236. The zero-order valence-electron chi connectivity index (χ0n) is 12.2. The molecule has 0 aliphatic carbocycles. The van der Waals surface area contributed by atoms with Crippen molar-refractivity contribution in [1.82, 2.24) is 0 Å². The van der Waals surface area contributed by atoms with E-state index in [1.54, 1.807) is 25.1 Å². The van der Waals surface area contributed by atoms with E-state index in [1.807, 2.05) is 6.92 Å². The van der Waals surface area contributed by atoms with Gasteiger partial charge in [-0.15, -0.1) is 0 Å². The summed E-state index contributed by atoms with van der Waals surface area (Å²) in [6, 6.07) is 4.97. The molecule has 0 radical (unpaired) electrons. The molecular formula is C15H19NO5. The van der Waals surface area contributed by atoms with Crippen LogP contribution in [0.5, 0.6) is 0 Å². The first-order valence-electron chi connectivity index (χ1n) is 7.04. The van der Waals surface area contributed by atoms with Crippen LogP contribution in [0.3, 0.4) is 0 Å². The zero-order valence-corrected chi connectivity index (χ0v) is 12.2. The number of carbonyl (C=O) groups is 2. The van der Waals surface area contributed by atoms with Crippen LogP contribution in [-0.4, -0.2) is 31.2 Å². The van der Waals surface area contributed by atoms with Crippen molar-refractivity contribution in [3.8, 4) is 0 Å². The van der Waals surface area contributed by atoms with Gasteiger partial charge >= 0.3 is 5.97 Å². The number of benzene rings is 1. The number of carbonyl (C=O) groups excluding carboxylic acids is 2. The van der Waals surface area contributed by atoms with Crippen LogP contribution in [-0.2, 0) is 25.7 Å². The first-order chi connectivity index (χ1) is 10.2. The van der Waals surface area contributed by atoms with Crippen LogP contribution in [0.1, 0.15) is 36.2 Å². The fourth-order valence-electron chi connectivity index (χ4n) is 2.07. The molecule has 114 valence electrons. The molecule has 6 nitrogen and oxygen atoms in total. The number of hydrogen-bond acceptors (Lipinski definition) is 5. The summed E-state index contributed by atoms with van der Waals surface area (Å²) < 4.78 is 5.51. The Hall–Kier alpha value is -1.92. The highest BCUT2D eigenvalue weighted by molar-refractivity contribution is 5.98. The molecule has 0 aromatic heterocycles. The molecule has 1 aliphatic rings. The van der Waals surface area contributed by atoms with E-state index < -0.39 is 12.1 Å². The minimum Gasteiger partial charge on any atom is -0.368 e. The summed E-state index contributed by atoms with van der Waals surface area (Å²) in [6.45, 7) is 4.53. The van der Waals surface area contributed by atoms with Crippen LogP contribution in [0.2, 0.25) is 0 Å². The Balaban J connectivity index is 2.12. The highest BCUT2D eigenvalue weighted by atomic mass is 17.2. The van der Waals surface area contributed by atoms with Crippen LogP contribution in [0.15, 0.2) is 18.2 Å². The Kier molecular flexibility index (Phi) is 5.30. The van der Waals surface area contributed by atoms with E-state index in [4.69, 9.17) is 4.74 Å². The lowest BCUT2D eigenvalue weighted by Crippen LogP contribution is -2.37. The van der Waals surface area contributed by atoms with Crippen molar-refractivity contribution >= 4 is 17.6 Å². The molecule has 0 bridgehead atoms. The molecule has 2 rings (SSSR count). The fourth-order valence-corrected chi connectivity index (χ4v) is 2.07. The molecule has 0 saturated heterocycles. The molecule has 1 amide bonds. The quantitative estimate of drug-likeness (QED) is 0.642. The van der Waals surface area contributed by atoms with Gasteiger partial charge in [0.05, 0.1) is 12.2 Å². The second kappa shape index (κ2) is 7.19. The third-order valence-electron chi connectivity index (χ3n) is 3.07. The largest absolute Gasteiger partial charge is 0.373 e. The molecule has 1 atom stereocenters. The smallest absolute Gasteiger partial charge is 0.368 e. The molecule has 1 aromatic carbocycles. The molecule has 0 saturated carbocycles. The van der Waals surface area contributed by atoms with Gasteiger partial charge in [-0.2, -0.15) is 4.89 Å². The second-order valence-corrected chi connectivity index (χ2v) is 4.70. The summed E-state index contributed by atoms with van der Waals surface area (Å²) in [6.07, 6.45) is 0.768. The first kappa shape index (κ1) is 15.5. The van der Waals surface area contributed by atoms with Crippen molar-refractivity contribution in [3.63, 3.8) is 0 Å². The predicted molar refractivity (Wildman–Crippen MR) is 75.8 cm³/mol. The molecule has 1 unspecified atom stereocenters. The predicted octanol–water partition coefficient (Wildman–Crippen LogP) is 2.08. The van der Waals surface area contributed by atoms with Gasteiger partial charge in [-0.3, -0.25) is 9.68 Å². The Bertz CT molecular complexity index is 529. The molecule has 6 heteroatoms. The summed E-state index contributed by atoms with van der Waals surface area (Å²) >= 11 is 0. The van der Waals surface area contributed by atoms with Crippen molar-refractivity contribution in [3.05, 3.63) is 29.3 Å². The van der Waals surface area contributed by atoms with Gasteiger partial charge in [-0.05, 0) is 37.1 Å². The average molecular weight is 293 g/mol. The van der Waals surface area contributed by atoms with E-state index in [0.29, 0.717) is 30.9 Å². The fraction of sp³-hybridized carbons (Fsp3) is 0.467. The summed E-state index contributed by atoms with van der Waals surface area (Å²) in [5.74, 6) is -0.705. The lowest BCUT2D eigenvalue weighted by Gasteiger charge is -2.25. The third-order valence-corrected chi connectivity index (χ3v) is 3.07. The van der Waals surface area contributed by atoms with E-state index >= 15 is 0 Å². The number of fused-ring (bicyclic) bond motifs is 1. The van der Waals surface area contributed by atoms with Gasteiger partial charge in [0.25, 0.3) is 5.91 Å². The highest BCUT2D eigenvalue weighted by Gasteiger charge is 2.27. The van der Waals surface area contributed by atoms with Crippen LogP contribution in [0, 0.1) is 0 Å². The maximum absolute atomic E-state index is 11.9. The van der Waals surface area contributed by atoms with Crippen LogP contribution < -0.4 is 5.32 Å². The molecule has 1 N–H and O–H groups in total. The maximum Gasteiger partial charge on any atom is 0.373 e. The van der Waals surface area contributed by atoms with Crippen molar-refractivity contribution < 1.29 is 24.1 Å². The standard InChI is InChI=1S/C15H19NO5/c1-3-7-19-13-9-11-8-10(15(18)21-20-4-2)5-6-12(11)16-14(13)17/h5-6,8,13H,3-4,7,9H2,1-2H3,(H,16,17). The SMILES string of the molecule is CCCOC1Cc2cc(C(=O)OOCC)ccc2NC1=O. The van der Waals surface area contributed by atoms with Crippen molar-refractivity contribution in [2.24, 2.45) is 0 Å². The Labute approximate surface area is 123 Å². The normalized spacial score (nSPS) is 17.0. The minimum absolute atomic E-state index is 0.152. The Morgan fingerprint density at radius 1 is 1.38 bits per heavy atom. The first-order valence-corrected chi connectivity index (χ1v) is 7.04. The number of hydrogen-bond donors (Lipinski definition) is 1. The molecule has 1 aromatic rings. The highest BCUT2D eigenvalue weighted by Crippen LogP contribution is 2.25. The van der Waals surface area contributed by atoms with Crippen LogP contribution in [0.4, 0.5) is 5.69 Å². The monoisotopic (exact) mass is 293 g/mol. The Morgan fingerprint density at radius 3 is 2.90 bits per heavy atom. The van der Waals surface area contributed by atoms with E-state index in [2.05, 4.69) is 15.1 Å². The van der Waals surface area contributed by atoms with Crippen molar-refractivity contribution in [2.75, 3.05) is 18.5 Å². The average Bonchev–Trinajstić information content (AvgIpc) is 2.50. The van der Waals surface area contributed by atoms with Crippen LogP contribution >= 0.6 is 0 Å². The minimum atomic E-state index is -0.553. The number of rotatable bonds is 6. The molecule has 0 fully saturated rings. The van der Waals surface area contributed by atoms with E-state index in [-0.39, 0.29) is 5.91 Å². The zero-order chi connectivity index (χ0) is 15.2. The Morgan fingerprint density at radius 2 is 2.19 bits per heavy atom. The summed E-state index contributed by atoms with van der Waals surface area (Å²) in [4.78, 5) is 32.9. The second-order valence-electron chi connectivity index (χ2n) is 4.70. The van der Waals surface area contributed by atoms with Gasteiger partial charge in [-0.1, -0.05) is 6.92 Å². The van der Waals surface area contributed by atoms with Crippen molar-refractivity contribution in [1.29, 1.82) is 0 Å². The maximum atomic E-state index is 11.9. The number of ether oxygens (including phenoxy) is 1.